The van der Waals surface area contributed by atoms with Crippen LogP contribution in [0.2, 0.25) is 0 Å². The number of benzene rings is 1. The lowest BCUT2D eigenvalue weighted by Crippen LogP contribution is -2.41. The molecule has 6 heteroatoms. The minimum atomic E-state index is -0.0811. The molecule has 3 aliphatic rings. The first-order chi connectivity index (χ1) is 15.0. The number of ether oxygens (including phenoxy) is 1. The first kappa shape index (κ1) is 22.1. The molecule has 170 valence electrons. The lowest BCUT2D eigenvalue weighted by atomic mass is 9.83. The lowest BCUT2D eigenvalue weighted by Gasteiger charge is -2.34. The number of anilines is 1. The Bertz CT molecular complexity index is 788. The molecule has 1 saturated heterocycles. The molecule has 0 radical (unpaired) electrons. The van der Waals surface area contributed by atoms with E-state index in [0.29, 0.717) is 25.0 Å². The third-order valence-corrected chi connectivity index (χ3v) is 7.39. The highest BCUT2D eigenvalue weighted by molar-refractivity contribution is 5.94. The Balaban J connectivity index is 1.31. The zero-order chi connectivity index (χ0) is 21.8. The summed E-state index contributed by atoms with van der Waals surface area (Å²) in [4.78, 5) is 31.3. The summed E-state index contributed by atoms with van der Waals surface area (Å²) < 4.78 is 5.05. The zero-order valence-corrected chi connectivity index (χ0v) is 19.1. The van der Waals surface area contributed by atoms with Crippen molar-refractivity contribution in [2.75, 3.05) is 44.7 Å². The summed E-state index contributed by atoms with van der Waals surface area (Å²) in [7, 11) is 2.18. The maximum atomic E-state index is 13.2. The van der Waals surface area contributed by atoms with Gasteiger partial charge < -0.3 is 14.5 Å². The quantitative estimate of drug-likeness (QED) is 0.647. The van der Waals surface area contributed by atoms with Crippen molar-refractivity contribution >= 4 is 17.7 Å². The maximum absolute atomic E-state index is 13.2. The van der Waals surface area contributed by atoms with E-state index in [-0.39, 0.29) is 12.0 Å². The molecule has 0 unspecified atom stereocenters. The summed E-state index contributed by atoms with van der Waals surface area (Å²) in [6.07, 6.45) is 7.87. The van der Waals surface area contributed by atoms with Crippen molar-refractivity contribution in [2.24, 2.45) is 5.92 Å². The predicted octanol–water partition coefficient (Wildman–Crippen LogP) is 3.86. The fourth-order valence-corrected chi connectivity index (χ4v) is 5.42. The SMILES string of the molecule is CCOC(=O)CC[C@H]1CC[C@H](N2CCN(c3ccc4c(c3)CCN(C)CC4)C2=O)CC1. The van der Waals surface area contributed by atoms with E-state index in [9.17, 15) is 9.59 Å². The fourth-order valence-electron chi connectivity index (χ4n) is 5.42. The van der Waals surface area contributed by atoms with Gasteiger partial charge in [0.1, 0.15) is 0 Å². The van der Waals surface area contributed by atoms with Crippen LogP contribution in [0.4, 0.5) is 10.5 Å². The van der Waals surface area contributed by atoms with E-state index >= 15 is 0 Å². The highest BCUT2D eigenvalue weighted by atomic mass is 16.5. The van der Waals surface area contributed by atoms with Crippen molar-refractivity contribution in [3.05, 3.63) is 29.3 Å². The Morgan fingerprint density at radius 2 is 1.77 bits per heavy atom. The molecule has 6 nitrogen and oxygen atoms in total. The van der Waals surface area contributed by atoms with Crippen LogP contribution in [0, 0.1) is 5.92 Å². The molecule has 2 amide bonds. The molecule has 2 heterocycles. The van der Waals surface area contributed by atoms with Gasteiger partial charge in [-0.05, 0) is 88.1 Å². The van der Waals surface area contributed by atoms with E-state index in [1.807, 2.05) is 11.8 Å². The van der Waals surface area contributed by atoms with Crippen LogP contribution in [-0.2, 0) is 22.4 Å². The van der Waals surface area contributed by atoms with Gasteiger partial charge in [0.15, 0.2) is 0 Å². The predicted molar refractivity (Wildman–Crippen MR) is 122 cm³/mol. The second-order valence-corrected chi connectivity index (χ2v) is 9.40. The summed E-state index contributed by atoms with van der Waals surface area (Å²) in [5.41, 5.74) is 3.88. The van der Waals surface area contributed by atoms with Crippen molar-refractivity contribution < 1.29 is 14.3 Å². The smallest absolute Gasteiger partial charge is 0.324 e. The molecule has 0 spiro atoms. The molecular weight excluding hydrogens is 390 g/mol. The van der Waals surface area contributed by atoms with Crippen molar-refractivity contribution in [2.45, 2.75) is 64.3 Å². The van der Waals surface area contributed by atoms with E-state index < -0.39 is 0 Å². The van der Waals surface area contributed by atoms with Gasteiger partial charge in [0.25, 0.3) is 0 Å². The van der Waals surface area contributed by atoms with Gasteiger partial charge in [0.2, 0.25) is 0 Å². The minimum Gasteiger partial charge on any atom is -0.466 e. The first-order valence-electron chi connectivity index (χ1n) is 12.1. The number of rotatable bonds is 6. The Labute approximate surface area is 186 Å². The Hall–Kier alpha value is -2.08. The van der Waals surface area contributed by atoms with E-state index in [1.165, 1.54) is 11.1 Å². The van der Waals surface area contributed by atoms with Crippen molar-refractivity contribution in [3.8, 4) is 0 Å². The highest BCUT2D eigenvalue weighted by Gasteiger charge is 2.36. The number of hydrogen-bond acceptors (Lipinski definition) is 4. The number of fused-ring (bicyclic) bond motifs is 1. The fraction of sp³-hybridized carbons (Fsp3) is 0.680. The zero-order valence-electron chi connectivity index (χ0n) is 19.1. The molecule has 2 fully saturated rings. The van der Waals surface area contributed by atoms with Crippen LogP contribution in [0.25, 0.3) is 0 Å². The molecule has 4 rings (SSSR count). The third-order valence-electron chi connectivity index (χ3n) is 7.39. The van der Waals surface area contributed by atoms with E-state index in [0.717, 1.165) is 76.8 Å². The van der Waals surface area contributed by atoms with E-state index in [2.05, 4.69) is 35.0 Å². The maximum Gasteiger partial charge on any atom is 0.324 e. The normalized spacial score (nSPS) is 24.8. The Morgan fingerprint density at radius 3 is 2.52 bits per heavy atom. The second kappa shape index (κ2) is 10.0. The summed E-state index contributed by atoms with van der Waals surface area (Å²) in [5, 5.41) is 0. The van der Waals surface area contributed by atoms with Crippen LogP contribution in [0.5, 0.6) is 0 Å². The summed E-state index contributed by atoms with van der Waals surface area (Å²) in [6, 6.07) is 7.13. The largest absolute Gasteiger partial charge is 0.466 e. The second-order valence-electron chi connectivity index (χ2n) is 9.40. The average Bonchev–Trinajstić information content (AvgIpc) is 3.06. The van der Waals surface area contributed by atoms with Crippen molar-refractivity contribution in [1.29, 1.82) is 0 Å². The van der Waals surface area contributed by atoms with Crippen LogP contribution < -0.4 is 4.90 Å². The minimum absolute atomic E-state index is 0.0811. The number of esters is 1. The molecule has 1 aliphatic carbocycles. The number of urea groups is 1. The Kier molecular flexibility index (Phi) is 7.16. The number of carbonyl (C=O) groups is 2. The van der Waals surface area contributed by atoms with Gasteiger partial charge in [0, 0.05) is 44.3 Å². The molecule has 31 heavy (non-hydrogen) atoms. The number of nitrogens with zero attached hydrogens (tertiary/aromatic N) is 3. The van der Waals surface area contributed by atoms with Gasteiger partial charge in [0.05, 0.1) is 6.61 Å². The van der Waals surface area contributed by atoms with Gasteiger partial charge in [-0.3, -0.25) is 9.69 Å². The summed E-state index contributed by atoms with van der Waals surface area (Å²) >= 11 is 0. The van der Waals surface area contributed by atoms with E-state index in [4.69, 9.17) is 4.74 Å². The standard InChI is InChI=1S/C25H37N3O3/c1-3-31-24(29)11-6-19-4-8-22(9-5-19)27-16-17-28(25(27)30)23-10-7-20-12-14-26(2)15-13-21(20)18-23/h7,10,18-19,22H,3-6,8-9,11-17H2,1-2H3/t19-,22-. The topological polar surface area (TPSA) is 53.1 Å². The number of likely N-dealkylation sites (N-methyl/N-ethyl adjacent to an activating group) is 1. The number of carbonyl (C=O) groups excluding carboxylic acids is 2. The van der Waals surface area contributed by atoms with Crippen LogP contribution in [0.15, 0.2) is 18.2 Å². The van der Waals surface area contributed by atoms with Crippen LogP contribution >= 0.6 is 0 Å². The molecule has 2 aliphatic heterocycles. The van der Waals surface area contributed by atoms with Gasteiger partial charge >= 0.3 is 12.0 Å². The monoisotopic (exact) mass is 427 g/mol. The summed E-state index contributed by atoms with van der Waals surface area (Å²) in [5.74, 6) is 0.500. The number of hydrogen-bond donors (Lipinski definition) is 0. The average molecular weight is 428 g/mol. The third kappa shape index (κ3) is 5.22. The van der Waals surface area contributed by atoms with Crippen LogP contribution in [0.3, 0.4) is 0 Å². The molecule has 1 aromatic carbocycles. The van der Waals surface area contributed by atoms with Crippen LogP contribution in [-0.4, -0.2) is 67.7 Å². The molecular formula is C25H37N3O3. The molecule has 0 aromatic heterocycles. The first-order valence-corrected chi connectivity index (χ1v) is 12.1. The molecule has 0 bridgehead atoms. The highest BCUT2D eigenvalue weighted by Crippen LogP contribution is 2.33. The summed E-state index contributed by atoms with van der Waals surface area (Å²) in [6.45, 7) is 6.09. The molecule has 1 saturated carbocycles. The van der Waals surface area contributed by atoms with Crippen molar-refractivity contribution in [3.63, 3.8) is 0 Å². The van der Waals surface area contributed by atoms with Crippen LogP contribution in [0.1, 0.15) is 56.6 Å². The van der Waals surface area contributed by atoms with Crippen molar-refractivity contribution in [1.82, 2.24) is 9.80 Å². The number of amides is 2. The Morgan fingerprint density at radius 1 is 1.03 bits per heavy atom. The van der Waals surface area contributed by atoms with Gasteiger partial charge in [-0.2, -0.15) is 0 Å². The van der Waals surface area contributed by atoms with E-state index in [1.54, 1.807) is 0 Å². The van der Waals surface area contributed by atoms with Gasteiger partial charge in [-0.15, -0.1) is 0 Å². The van der Waals surface area contributed by atoms with Gasteiger partial charge in [-0.1, -0.05) is 6.07 Å². The molecule has 1 aromatic rings. The lowest BCUT2D eigenvalue weighted by molar-refractivity contribution is -0.143. The van der Waals surface area contributed by atoms with Gasteiger partial charge in [-0.25, -0.2) is 4.79 Å². The molecule has 0 N–H and O–H groups in total. The molecule has 0 atom stereocenters.